The number of nitrogens with zero attached hydrogens (tertiary/aromatic N) is 4. The third-order valence-corrected chi connectivity index (χ3v) is 6.00. The molecule has 0 amide bonds. The van der Waals surface area contributed by atoms with E-state index < -0.39 is 5.97 Å². The van der Waals surface area contributed by atoms with Crippen molar-refractivity contribution in [2.24, 2.45) is 0 Å². The molecule has 0 saturated carbocycles. The van der Waals surface area contributed by atoms with Crippen molar-refractivity contribution >= 4 is 22.7 Å². The van der Waals surface area contributed by atoms with Gasteiger partial charge in [0.2, 0.25) is 0 Å². The number of carboxylic acids is 1. The van der Waals surface area contributed by atoms with E-state index in [2.05, 4.69) is 45.6 Å². The molecule has 1 saturated heterocycles. The highest BCUT2D eigenvalue weighted by Gasteiger charge is 2.19. The van der Waals surface area contributed by atoms with Crippen molar-refractivity contribution in [3.63, 3.8) is 0 Å². The van der Waals surface area contributed by atoms with Crippen molar-refractivity contribution in [1.29, 1.82) is 0 Å². The molecule has 1 aromatic heterocycles. The molecule has 0 aliphatic carbocycles. The quantitative estimate of drug-likeness (QED) is 0.629. The largest absolute Gasteiger partial charge is 0.478 e. The minimum Gasteiger partial charge on any atom is -0.478 e. The number of likely N-dealkylation sites (N-methyl/N-ethyl adjacent to an activating group) is 1. The molecule has 2 aromatic carbocycles. The summed E-state index contributed by atoms with van der Waals surface area (Å²) in [6.45, 7) is 8.06. The molecule has 1 aliphatic heterocycles. The van der Waals surface area contributed by atoms with Crippen molar-refractivity contribution in [3.8, 4) is 5.69 Å². The number of rotatable bonds is 7. The smallest absolute Gasteiger partial charge is 0.337 e. The number of carboxylic acid groups (broad SMARTS) is 1. The number of para-hydroxylation sites is 1. The van der Waals surface area contributed by atoms with E-state index in [-0.39, 0.29) is 5.56 Å². The van der Waals surface area contributed by atoms with E-state index in [9.17, 15) is 9.90 Å². The zero-order valence-corrected chi connectivity index (χ0v) is 18.3. The van der Waals surface area contributed by atoms with Gasteiger partial charge in [0.05, 0.1) is 17.7 Å². The first-order valence-corrected chi connectivity index (χ1v) is 10.9. The molecule has 1 N–H and O–H groups in total. The molecule has 31 heavy (non-hydrogen) atoms. The van der Waals surface area contributed by atoms with Crippen molar-refractivity contribution in [2.75, 3.05) is 51.3 Å². The lowest BCUT2D eigenvalue weighted by Gasteiger charge is -2.24. The first kappa shape index (κ1) is 21.3. The third kappa shape index (κ3) is 4.43. The molecule has 2 heterocycles. The van der Waals surface area contributed by atoms with Gasteiger partial charge in [-0.1, -0.05) is 19.1 Å². The Hall–Kier alpha value is -2.90. The molecule has 0 unspecified atom stereocenters. The summed E-state index contributed by atoms with van der Waals surface area (Å²) in [4.78, 5) is 21.4. The Balaban J connectivity index is 1.77. The Bertz CT molecular complexity index is 1060. The van der Waals surface area contributed by atoms with Gasteiger partial charge in [-0.2, -0.15) is 0 Å². The summed E-state index contributed by atoms with van der Waals surface area (Å²) in [5.74, 6) is -0.164. The number of benzene rings is 2. The van der Waals surface area contributed by atoms with Crippen molar-refractivity contribution < 1.29 is 14.6 Å². The fraction of sp³-hybridized carbons (Fsp3) is 0.417. The summed E-state index contributed by atoms with van der Waals surface area (Å²) in [6.07, 6.45) is 1.75. The fourth-order valence-electron chi connectivity index (χ4n) is 4.34. The van der Waals surface area contributed by atoms with Gasteiger partial charge in [0.1, 0.15) is 11.3 Å². The van der Waals surface area contributed by atoms with E-state index in [0.29, 0.717) is 18.5 Å². The maximum Gasteiger partial charge on any atom is 0.337 e. The van der Waals surface area contributed by atoms with E-state index in [1.807, 2.05) is 6.07 Å². The van der Waals surface area contributed by atoms with Gasteiger partial charge in [-0.25, -0.2) is 9.78 Å². The molecule has 1 fully saturated rings. The number of ether oxygens (including phenoxy) is 1. The molecule has 0 atom stereocenters. The van der Waals surface area contributed by atoms with Crippen LogP contribution >= 0.6 is 0 Å². The van der Waals surface area contributed by atoms with Crippen LogP contribution in [0.5, 0.6) is 0 Å². The Morgan fingerprint density at radius 1 is 1.10 bits per heavy atom. The normalized spacial score (nSPS) is 15.4. The highest BCUT2D eigenvalue weighted by atomic mass is 16.5. The third-order valence-electron chi connectivity index (χ3n) is 6.00. The summed E-state index contributed by atoms with van der Waals surface area (Å²) in [6, 6.07) is 13.8. The van der Waals surface area contributed by atoms with Crippen LogP contribution in [0.4, 0.5) is 5.69 Å². The van der Waals surface area contributed by atoms with Crippen LogP contribution in [-0.2, 0) is 11.2 Å². The van der Waals surface area contributed by atoms with Gasteiger partial charge in [-0.05, 0) is 49.8 Å². The van der Waals surface area contributed by atoms with Crippen LogP contribution in [0.1, 0.15) is 29.5 Å². The molecular weight excluding hydrogens is 392 g/mol. The summed E-state index contributed by atoms with van der Waals surface area (Å²) in [7, 11) is 1.66. The average molecular weight is 423 g/mol. The monoisotopic (exact) mass is 422 g/mol. The van der Waals surface area contributed by atoms with Crippen molar-refractivity contribution in [2.45, 2.75) is 19.8 Å². The van der Waals surface area contributed by atoms with E-state index in [1.54, 1.807) is 19.2 Å². The zero-order chi connectivity index (χ0) is 21.8. The van der Waals surface area contributed by atoms with Gasteiger partial charge in [0, 0.05) is 44.5 Å². The molecule has 4 rings (SSSR count). The Morgan fingerprint density at radius 2 is 1.90 bits per heavy atom. The maximum atomic E-state index is 11.7. The number of imidazole rings is 1. The van der Waals surface area contributed by atoms with Gasteiger partial charge in [0.25, 0.3) is 0 Å². The summed E-state index contributed by atoms with van der Waals surface area (Å²) < 4.78 is 7.35. The number of hydrogen-bond donors (Lipinski definition) is 1. The Morgan fingerprint density at radius 3 is 2.68 bits per heavy atom. The van der Waals surface area contributed by atoms with Crippen molar-refractivity contribution in [3.05, 3.63) is 53.9 Å². The lowest BCUT2D eigenvalue weighted by atomic mass is 10.2. The molecule has 164 valence electrons. The SMILES string of the molecule is CCN1CCCN(c2cccc(-n3c(CCOC)nc4c(C(=O)O)cccc43)c2)CC1. The van der Waals surface area contributed by atoms with Crippen LogP contribution in [0.15, 0.2) is 42.5 Å². The molecule has 0 bridgehead atoms. The Kier molecular flexibility index (Phi) is 6.53. The number of carbonyl (C=O) groups is 1. The molecule has 1 aliphatic rings. The van der Waals surface area contributed by atoms with E-state index >= 15 is 0 Å². The lowest BCUT2D eigenvalue weighted by molar-refractivity contribution is 0.0699. The number of aromatic carboxylic acids is 1. The van der Waals surface area contributed by atoms with E-state index in [1.165, 1.54) is 5.69 Å². The molecule has 7 heteroatoms. The minimum absolute atomic E-state index is 0.221. The second-order valence-corrected chi connectivity index (χ2v) is 7.88. The first-order chi connectivity index (χ1) is 15.1. The summed E-state index contributed by atoms with van der Waals surface area (Å²) in [5.41, 5.74) is 3.71. The summed E-state index contributed by atoms with van der Waals surface area (Å²) >= 11 is 0. The van der Waals surface area contributed by atoms with E-state index in [4.69, 9.17) is 9.72 Å². The van der Waals surface area contributed by atoms with Gasteiger partial charge in [-0.15, -0.1) is 0 Å². The second-order valence-electron chi connectivity index (χ2n) is 7.88. The van der Waals surface area contributed by atoms with Crippen LogP contribution in [0.3, 0.4) is 0 Å². The topological polar surface area (TPSA) is 70.8 Å². The van der Waals surface area contributed by atoms with Gasteiger partial charge >= 0.3 is 5.97 Å². The van der Waals surface area contributed by atoms with Gasteiger partial charge < -0.3 is 19.6 Å². The average Bonchev–Trinajstić information content (AvgIpc) is 2.98. The van der Waals surface area contributed by atoms with Gasteiger partial charge in [0.15, 0.2) is 0 Å². The molecule has 7 nitrogen and oxygen atoms in total. The number of fused-ring (bicyclic) bond motifs is 1. The number of hydrogen-bond acceptors (Lipinski definition) is 5. The highest BCUT2D eigenvalue weighted by molar-refractivity contribution is 6.01. The molecule has 3 aromatic rings. The van der Waals surface area contributed by atoms with Crippen LogP contribution in [0, 0.1) is 0 Å². The molecule has 0 radical (unpaired) electrons. The van der Waals surface area contributed by atoms with Crippen molar-refractivity contribution in [1.82, 2.24) is 14.5 Å². The summed E-state index contributed by atoms with van der Waals surface area (Å²) in [5, 5.41) is 9.63. The molecule has 0 spiro atoms. The maximum absolute atomic E-state index is 11.7. The van der Waals surface area contributed by atoms with Crippen LogP contribution in [0.2, 0.25) is 0 Å². The highest BCUT2D eigenvalue weighted by Crippen LogP contribution is 2.27. The second kappa shape index (κ2) is 9.49. The predicted octanol–water partition coefficient (Wildman–Crippen LogP) is 3.44. The number of anilines is 1. The number of methoxy groups -OCH3 is 1. The first-order valence-electron chi connectivity index (χ1n) is 10.9. The Labute approximate surface area is 182 Å². The minimum atomic E-state index is -0.965. The standard InChI is InChI=1S/C24H30N4O3/c1-3-26-12-6-13-27(15-14-26)18-7-4-8-19(17-18)28-21-10-5-9-20(24(29)30)23(21)25-22(28)11-16-31-2/h4-5,7-10,17H,3,6,11-16H2,1-2H3,(H,29,30). The predicted molar refractivity (Wildman–Crippen MR) is 123 cm³/mol. The van der Waals surface area contributed by atoms with E-state index in [0.717, 1.165) is 56.2 Å². The van der Waals surface area contributed by atoms with Crippen LogP contribution < -0.4 is 4.90 Å². The molecular formula is C24H30N4O3. The fourth-order valence-corrected chi connectivity index (χ4v) is 4.34. The lowest BCUT2D eigenvalue weighted by Crippen LogP contribution is -2.30. The number of aromatic nitrogens is 2. The van der Waals surface area contributed by atoms with Crippen LogP contribution in [-0.4, -0.2) is 72.0 Å². The zero-order valence-electron chi connectivity index (χ0n) is 18.3. The van der Waals surface area contributed by atoms with Crippen LogP contribution in [0.25, 0.3) is 16.7 Å². The van der Waals surface area contributed by atoms with Gasteiger partial charge in [-0.3, -0.25) is 4.57 Å².